The molecule has 120 valence electrons. The Morgan fingerprint density at radius 1 is 1.41 bits per heavy atom. The molecule has 0 aliphatic carbocycles. The molecule has 0 aromatic heterocycles. The minimum absolute atomic E-state index is 0.0746. The summed E-state index contributed by atoms with van der Waals surface area (Å²) < 4.78 is 5.68. The summed E-state index contributed by atoms with van der Waals surface area (Å²) in [6.07, 6.45) is 1.46. The molecule has 1 aromatic rings. The monoisotopic (exact) mass is 324 g/mol. The summed E-state index contributed by atoms with van der Waals surface area (Å²) in [5.41, 5.74) is 0.942. The van der Waals surface area contributed by atoms with E-state index in [9.17, 15) is 9.90 Å². The number of amides is 1. The van der Waals surface area contributed by atoms with Crippen LogP contribution in [-0.4, -0.2) is 59.7 Å². The van der Waals surface area contributed by atoms with Gasteiger partial charge in [-0.1, -0.05) is 11.6 Å². The lowest BCUT2D eigenvalue weighted by Crippen LogP contribution is -2.45. The molecule has 1 fully saturated rings. The predicted molar refractivity (Wildman–Crippen MR) is 84.0 cm³/mol. The highest BCUT2D eigenvalue weighted by atomic mass is 35.5. The number of benzene rings is 1. The second-order valence-electron chi connectivity index (χ2n) is 5.95. The van der Waals surface area contributed by atoms with Gasteiger partial charge in [0.1, 0.15) is 12.4 Å². The third kappa shape index (κ3) is 3.72. The molecule has 1 amide bonds. The number of nitrogens with zero attached hydrogens (tertiary/aromatic N) is 2. The molecule has 2 aliphatic heterocycles. The van der Waals surface area contributed by atoms with Crippen LogP contribution in [0.3, 0.4) is 0 Å². The number of carbonyl (C=O) groups is 1. The molecule has 3 rings (SSSR count). The Kier molecular flexibility index (Phi) is 4.86. The van der Waals surface area contributed by atoms with Gasteiger partial charge in [-0.05, 0) is 37.6 Å². The highest BCUT2D eigenvalue weighted by Crippen LogP contribution is 2.26. The molecule has 2 heterocycles. The number of carbonyl (C=O) groups excluding carboxylic acids is 1. The molecule has 22 heavy (non-hydrogen) atoms. The largest absolute Gasteiger partial charge is 0.491 e. The number of rotatable bonds is 2. The summed E-state index contributed by atoms with van der Waals surface area (Å²) >= 11 is 6.03. The molecule has 0 unspecified atom stereocenters. The number of aliphatic hydroxyl groups is 1. The van der Waals surface area contributed by atoms with Crippen LogP contribution in [0.4, 0.5) is 0 Å². The van der Waals surface area contributed by atoms with Crippen LogP contribution < -0.4 is 4.74 Å². The molecule has 6 heteroatoms. The van der Waals surface area contributed by atoms with Crippen molar-refractivity contribution < 1.29 is 14.6 Å². The first-order valence-electron chi connectivity index (χ1n) is 7.71. The van der Waals surface area contributed by atoms with Gasteiger partial charge in [-0.2, -0.15) is 0 Å². The molecule has 1 atom stereocenters. The quantitative estimate of drug-likeness (QED) is 0.896. The maximum absolute atomic E-state index is 12.5. The van der Waals surface area contributed by atoms with Gasteiger partial charge in [0, 0.05) is 23.7 Å². The van der Waals surface area contributed by atoms with Gasteiger partial charge in [0.25, 0.3) is 0 Å². The van der Waals surface area contributed by atoms with Crippen molar-refractivity contribution in [3.63, 3.8) is 0 Å². The number of aliphatic hydroxyl groups excluding tert-OH is 1. The van der Waals surface area contributed by atoms with Crippen LogP contribution in [0.25, 0.3) is 0 Å². The normalized spacial score (nSPS) is 22.6. The first kappa shape index (κ1) is 15.6. The molecular formula is C16H21ClN2O3. The van der Waals surface area contributed by atoms with Gasteiger partial charge in [0.05, 0.1) is 19.2 Å². The molecular weight excluding hydrogens is 304 g/mol. The maximum atomic E-state index is 12.5. The lowest BCUT2D eigenvalue weighted by Gasteiger charge is -2.31. The fourth-order valence-corrected chi connectivity index (χ4v) is 3.24. The number of fused-ring (bicyclic) bond motifs is 1. The van der Waals surface area contributed by atoms with Gasteiger partial charge < -0.3 is 14.7 Å². The Balaban J connectivity index is 1.65. The van der Waals surface area contributed by atoms with Crippen molar-refractivity contribution in [2.24, 2.45) is 0 Å². The van der Waals surface area contributed by atoms with E-state index in [0.717, 1.165) is 30.7 Å². The number of hydrogen-bond donors (Lipinski definition) is 1. The number of ether oxygens (including phenoxy) is 1. The molecule has 0 bridgehead atoms. The van der Waals surface area contributed by atoms with E-state index in [1.165, 1.54) is 0 Å². The van der Waals surface area contributed by atoms with Gasteiger partial charge in [0.2, 0.25) is 5.91 Å². The van der Waals surface area contributed by atoms with E-state index in [2.05, 4.69) is 0 Å². The van der Waals surface area contributed by atoms with Crippen LogP contribution in [0, 0.1) is 0 Å². The first-order chi connectivity index (χ1) is 10.6. The Hall–Kier alpha value is -1.30. The van der Waals surface area contributed by atoms with Crippen molar-refractivity contribution in [3.8, 4) is 5.75 Å². The van der Waals surface area contributed by atoms with Gasteiger partial charge in [0.15, 0.2) is 0 Å². The van der Waals surface area contributed by atoms with Crippen molar-refractivity contribution >= 4 is 17.5 Å². The molecule has 2 aliphatic rings. The summed E-state index contributed by atoms with van der Waals surface area (Å²) in [4.78, 5) is 16.4. The second-order valence-corrected chi connectivity index (χ2v) is 6.38. The third-order valence-electron chi connectivity index (χ3n) is 4.19. The van der Waals surface area contributed by atoms with E-state index >= 15 is 0 Å². The fourth-order valence-electron chi connectivity index (χ4n) is 3.04. The smallest absolute Gasteiger partial charge is 0.237 e. The average molecular weight is 325 g/mol. The Morgan fingerprint density at radius 2 is 2.27 bits per heavy atom. The molecule has 0 spiro atoms. The topological polar surface area (TPSA) is 53.0 Å². The lowest BCUT2D eigenvalue weighted by atomic mass is 10.1. The summed E-state index contributed by atoms with van der Waals surface area (Å²) in [5.74, 6) is 0.874. The molecule has 0 saturated carbocycles. The molecule has 1 N–H and O–H groups in total. The van der Waals surface area contributed by atoms with Gasteiger partial charge in [-0.25, -0.2) is 0 Å². The molecule has 5 nitrogen and oxygen atoms in total. The SMILES string of the molecule is O=C(CN1CCC[C@@H](O)C1)N1CCOc2ccc(Cl)cc2C1. The summed E-state index contributed by atoms with van der Waals surface area (Å²) in [6, 6.07) is 5.51. The van der Waals surface area contributed by atoms with Crippen LogP contribution in [0.2, 0.25) is 5.02 Å². The fraction of sp³-hybridized carbons (Fsp3) is 0.562. The van der Waals surface area contributed by atoms with Crippen LogP contribution >= 0.6 is 11.6 Å². The number of halogens is 1. The number of hydrogen-bond acceptors (Lipinski definition) is 4. The minimum Gasteiger partial charge on any atom is -0.491 e. The average Bonchev–Trinajstić information content (AvgIpc) is 2.69. The standard InChI is InChI=1S/C16H21ClN2O3/c17-13-3-4-15-12(8-13)9-19(6-7-22-15)16(21)11-18-5-1-2-14(20)10-18/h3-4,8,14,20H,1-2,5-7,9-11H2/t14-/m1/s1. The first-order valence-corrected chi connectivity index (χ1v) is 8.09. The van der Waals surface area contributed by atoms with Crippen molar-refractivity contribution in [2.75, 3.05) is 32.8 Å². The number of piperidine rings is 1. The predicted octanol–water partition coefficient (Wildman–Crippen LogP) is 1.52. The maximum Gasteiger partial charge on any atom is 0.237 e. The molecule has 1 aromatic carbocycles. The zero-order valence-electron chi connectivity index (χ0n) is 12.5. The van der Waals surface area contributed by atoms with E-state index in [1.807, 2.05) is 21.9 Å². The lowest BCUT2D eigenvalue weighted by molar-refractivity contribution is -0.133. The molecule has 1 saturated heterocycles. The van der Waals surface area contributed by atoms with Gasteiger partial charge in [-0.3, -0.25) is 9.69 Å². The van der Waals surface area contributed by atoms with Crippen LogP contribution in [0.15, 0.2) is 18.2 Å². The van der Waals surface area contributed by atoms with Crippen LogP contribution in [0.5, 0.6) is 5.75 Å². The Morgan fingerprint density at radius 3 is 3.09 bits per heavy atom. The number of likely N-dealkylation sites (tertiary alicyclic amines) is 1. The Bertz CT molecular complexity index is 552. The zero-order chi connectivity index (χ0) is 15.5. The van der Waals surface area contributed by atoms with E-state index < -0.39 is 0 Å². The van der Waals surface area contributed by atoms with Gasteiger partial charge >= 0.3 is 0 Å². The van der Waals surface area contributed by atoms with Crippen LogP contribution in [0.1, 0.15) is 18.4 Å². The van der Waals surface area contributed by atoms with E-state index in [4.69, 9.17) is 16.3 Å². The van der Waals surface area contributed by atoms with E-state index in [0.29, 0.717) is 37.8 Å². The highest BCUT2D eigenvalue weighted by molar-refractivity contribution is 6.30. The summed E-state index contributed by atoms with van der Waals surface area (Å²) in [5, 5.41) is 10.4. The van der Waals surface area contributed by atoms with Crippen molar-refractivity contribution in [1.82, 2.24) is 9.80 Å². The number of β-amino-alcohol motifs (C(OH)–C–C–N with tert-alkyl or cyclic N) is 1. The zero-order valence-corrected chi connectivity index (χ0v) is 13.3. The summed E-state index contributed by atoms with van der Waals surface area (Å²) in [6.45, 7) is 3.39. The van der Waals surface area contributed by atoms with Crippen molar-refractivity contribution in [2.45, 2.75) is 25.5 Å². The molecule has 0 radical (unpaired) electrons. The Labute approximate surface area is 135 Å². The second kappa shape index (κ2) is 6.86. The van der Waals surface area contributed by atoms with Crippen molar-refractivity contribution in [3.05, 3.63) is 28.8 Å². The van der Waals surface area contributed by atoms with E-state index in [-0.39, 0.29) is 12.0 Å². The minimum atomic E-state index is -0.312. The van der Waals surface area contributed by atoms with Gasteiger partial charge in [-0.15, -0.1) is 0 Å². The van der Waals surface area contributed by atoms with Crippen LogP contribution in [-0.2, 0) is 11.3 Å². The van der Waals surface area contributed by atoms with Crippen molar-refractivity contribution in [1.29, 1.82) is 0 Å². The third-order valence-corrected chi connectivity index (χ3v) is 4.43. The summed E-state index contributed by atoms with van der Waals surface area (Å²) in [7, 11) is 0. The van der Waals surface area contributed by atoms with E-state index in [1.54, 1.807) is 6.07 Å². The highest BCUT2D eigenvalue weighted by Gasteiger charge is 2.24.